The van der Waals surface area contributed by atoms with Gasteiger partial charge in [-0.05, 0) is 56.0 Å². The molecule has 0 spiro atoms. The van der Waals surface area contributed by atoms with Crippen LogP contribution in [0.5, 0.6) is 5.75 Å². The van der Waals surface area contributed by atoms with Crippen LogP contribution < -0.4 is 4.74 Å². The Labute approximate surface area is 108 Å². The molecule has 0 saturated carbocycles. The third-order valence-electron chi connectivity index (χ3n) is 4.30. The summed E-state index contributed by atoms with van der Waals surface area (Å²) >= 11 is 0. The Morgan fingerprint density at radius 3 is 2.78 bits per heavy atom. The second kappa shape index (κ2) is 4.90. The average Bonchev–Trinajstić information content (AvgIpc) is 2.91. The van der Waals surface area contributed by atoms with E-state index in [-0.39, 0.29) is 12.1 Å². The number of methoxy groups -OCH3 is 1. The van der Waals surface area contributed by atoms with Crippen LogP contribution in [0.1, 0.15) is 36.4 Å². The van der Waals surface area contributed by atoms with E-state index >= 15 is 0 Å². The van der Waals surface area contributed by atoms with Gasteiger partial charge in [-0.15, -0.1) is 0 Å². The van der Waals surface area contributed by atoms with Gasteiger partial charge in [0, 0.05) is 0 Å². The standard InChI is InChI=1S/C15H21NO2/c1-18-14-6-4-5-12-11(14)7-8-13(17)15(12)16-9-2-3-10-16/h4-6,13,15,17H,2-3,7-10H2,1H3. The lowest BCUT2D eigenvalue weighted by Crippen LogP contribution is -2.38. The number of ether oxygens (including phenoxy) is 1. The maximum atomic E-state index is 10.4. The number of aliphatic hydroxyl groups excluding tert-OH is 1. The predicted molar refractivity (Wildman–Crippen MR) is 70.9 cm³/mol. The van der Waals surface area contributed by atoms with Gasteiger partial charge in [-0.3, -0.25) is 4.90 Å². The van der Waals surface area contributed by atoms with Gasteiger partial charge < -0.3 is 9.84 Å². The van der Waals surface area contributed by atoms with Crippen molar-refractivity contribution in [3.63, 3.8) is 0 Å². The third-order valence-corrected chi connectivity index (χ3v) is 4.30. The van der Waals surface area contributed by atoms with E-state index in [2.05, 4.69) is 11.0 Å². The summed E-state index contributed by atoms with van der Waals surface area (Å²) in [6.07, 6.45) is 4.03. The third kappa shape index (κ3) is 1.91. The van der Waals surface area contributed by atoms with E-state index in [9.17, 15) is 5.11 Å². The normalized spacial score (nSPS) is 28.1. The van der Waals surface area contributed by atoms with E-state index in [1.54, 1.807) is 7.11 Å². The number of likely N-dealkylation sites (tertiary alicyclic amines) is 1. The molecule has 2 aliphatic rings. The fourth-order valence-corrected chi connectivity index (χ4v) is 3.44. The van der Waals surface area contributed by atoms with E-state index in [4.69, 9.17) is 4.74 Å². The van der Waals surface area contributed by atoms with E-state index in [0.717, 1.165) is 31.7 Å². The molecule has 1 aliphatic heterocycles. The summed E-state index contributed by atoms with van der Waals surface area (Å²) in [6.45, 7) is 2.22. The summed E-state index contributed by atoms with van der Waals surface area (Å²) < 4.78 is 5.46. The minimum atomic E-state index is -0.234. The van der Waals surface area contributed by atoms with Crippen molar-refractivity contribution in [2.45, 2.75) is 37.8 Å². The molecular formula is C15H21NO2. The molecule has 3 nitrogen and oxygen atoms in total. The smallest absolute Gasteiger partial charge is 0.122 e. The number of hydrogen-bond donors (Lipinski definition) is 1. The van der Waals surface area contributed by atoms with Gasteiger partial charge in [0.1, 0.15) is 5.75 Å². The monoisotopic (exact) mass is 247 g/mol. The zero-order valence-corrected chi connectivity index (χ0v) is 10.9. The van der Waals surface area contributed by atoms with Crippen LogP contribution in [0, 0.1) is 0 Å². The largest absolute Gasteiger partial charge is 0.496 e. The molecule has 1 N–H and O–H groups in total. The molecular weight excluding hydrogens is 226 g/mol. The van der Waals surface area contributed by atoms with Crippen LogP contribution in [-0.2, 0) is 6.42 Å². The molecule has 18 heavy (non-hydrogen) atoms. The highest BCUT2D eigenvalue weighted by Gasteiger charge is 2.35. The van der Waals surface area contributed by atoms with Gasteiger partial charge >= 0.3 is 0 Å². The van der Waals surface area contributed by atoms with Crippen LogP contribution in [-0.4, -0.2) is 36.3 Å². The van der Waals surface area contributed by atoms with Gasteiger partial charge in [0.15, 0.2) is 0 Å². The number of benzene rings is 1. The highest BCUT2D eigenvalue weighted by atomic mass is 16.5. The van der Waals surface area contributed by atoms with Crippen molar-refractivity contribution < 1.29 is 9.84 Å². The van der Waals surface area contributed by atoms with Crippen LogP contribution in [0.3, 0.4) is 0 Å². The number of aliphatic hydroxyl groups is 1. The minimum absolute atomic E-state index is 0.173. The zero-order chi connectivity index (χ0) is 12.5. The molecule has 1 fully saturated rings. The summed E-state index contributed by atoms with van der Waals surface area (Å²) in [5, 5.41) is 10.4. The molecule has 1 aliphatic carbocycles. The highest BCUT2D eigenvalue weighted by Crippen LogP contribution is 2.39. The molecule has 0 amide bonds. The number of rotatable bonds is 2. The van der Waals surface area contributed by atoms with Crippen molar-refractivity contribution in [1.29, 1.82) is 0 Å². The Hall–Kier alpha value is -1.06. The van der Waals surface area contributed by atoms with Gasteiger partial charge in [0.2, 0.25) is 0 Å². The van der Waals surface area contributed by atoms with Crippen molar-refractivity contribution in [2.24, 2.45) is 0 Å². The second-order valence-corrected chi connectivity index (χ2v) is 5.32. The Kier molecular flexibility index (Phi) is 3.27. The van der Waals surface area contributed by atoms with Crippen molar-refractivity contribution in [2.75, 3.05) is 20.2 Å². The average molecular weight is 247 g/mol. The lowest BCUT2D eigenvalue weighted by Gasteiger charge is -2.37. The Balaban J connectivity index is 2.00. The minimum Gasteiger partial charge on any atom is -0.496 e. The Bertz CT molecular complexity index is 427. The molecule has 1 heterocycles. The Morgan fingerprint density at radius 2 is 2.06 bits per heavy atom. The first-order chi connectivity index (χ1) is 8.81. The van der Waals surface area contributed by atoms with Gasteiger partial charge in [0.05, 0.1) is 19.3 Å². The SMILES string of the molecule is COc1cccc2c1CCC(O)C2N1CCCC1. The predicted octanol–water partition coefficient (Wildman–Crippen LogP) is 2.14. The van der Waals surface area contributed by atoms with Crippen LogP contribution >= 0.6 is 0 Å². The fraction of sp³-hybridized carbons (Fsp3) is 0.600. The van der Waals surface area contributed by atoms with Crippen LogP contribution in [0.4, 0.5) is 0 Å². The first kappa shape index (κ1) is 12.0. The lowest BCUT2D eigenvalue weighted by molar-refractivity contribution is 0.0475. The molecule has 1 aromatic rings. The van der Waals surface area contributed by atoms with Crippen LogP contribution in [0.25, 0.3) is 0 Å². The lowest BCUT2D eigenvalue weighted by atomic mass is 9.84. The topological polar surface area (TPSA) is 32.7 Å². The van der Waals surface area contributed by atoms with Gasteiger partial charge in [-0.25, -0.2) is 0 Å². The van der Waals surface area contributed by atoms with Crippen LogP contribution in [0.2, 0.25) is 0 Å². The summed E-state index contributed by atoms with van der Waals surface area (Å²) in [7, 11) is 1.73. The maximum Gasteiger partial charge on any atom is 0.122 e. The molecule has 0 aromatic heterocycles. The van der Waals surface area contributed by atoms with E-state index in [1.807, 2.05) is 12.1 Å². The molecule has 0 bridgehead atoms. The summed E-state index contributed by atoms with van der Waals surface area (Å²) in [4.78, 5) is 2.43. The van der Waals surface area contributed by atoms with E-state index in [0.29, 0.717) is 0 Å². The molecule has 2 atom stereocenters. The van der Waals surface area contributed by atoms with E-state index in [1.165, 1.54) is 24.0 Å². The van der Waals surface area contributed by atoms with Crippen molar-refractivity contribution in [3.8, 4) is 5.75 Å². The van der Waals surface area contributed by atoms with Crippen molar-refractivity contribution >= 4 is 0 Å². The molecule has 3 rings (SSSR count). The maximum absolute atomic E-state index is 10.4. The van der Waals surface area contributed by atoms with E-state index < -0.39 is 0 Å². The quantitative estimate of drug-likeness (QED) is 0.869. The Morgan fingerprint density at radius 1 is 1.28 bits per heavy atom. The number of nitrogens with zero attached hydrogens (tertiary/aromatic N) is 1. The van der Waals surface area contributed by atoms with Crippen molar-refractivity contribution in [1.82, 2.24) is 4.90 Å². The fourth-order valence-electron chi connectivity index (χ4n) is 3.44. The molecule has 2 unspecified atom stereocenters. The zero-order valence-electron chi connectivity index (χ0n) is 10.9. The summed E-state index contributed by atoms with van der Waals surface area (Å²) in [5.74, 6) is 0.976. The van der Waals surface area contributed by atoms with Gasteiger partial charge in [0.25, 0.3) is 0 Å². The van der Waals surface area contributed by atoms with Gasteiger partial charge in [-0.1, -0.05) is 12.1 Å². The van der Waals surface area contributed by atoms with Crippen molar-refractivity contribution in [3.05, 3.63) is 29.3 Å². The highest BCUT2D eigenvalue weighted by molar-refractivity contribution is 5.44. The first-order valence-electron chi connectivity index (χ1n) is 6.89. The molecule has 98 valence electrons. The molecule has 1 aromatic carbocycles. The molecule has 3 heteroatoms. The summed E-state index contributed by atoms with van der Waals surface area (Å²) in [6, 6.07) is 6.39. The second-order valence-electron chi connectivity index (χ2n) is 5.32. The van der Waals surface area contributed by atoms with Gasteiger partial charge in [-0.2, -0.15) is 0 Å². The molecule has 1 saturated heterocycles. The summed E-state index contributed by atoms with van der Waals surface area (Å²) in [5.41, 5.74) is 2.57. The first-order valence-corrected chi connectivity index (χ1v) is 6.89. The number of fused-ring (bicyclic) bond motifs is 1. The number of hydrogen-bond acceptors (Lipinski definition) is 3. The van der Waals surface area contributed by atoms with Crippen LogP contribution in [0.15, 0.2) is 18.2 Å². The molecule has 0 radical (unpaired) electrons.